The fraction of sp³-hybridized carbons (Fsp3) is 0.474. The molecular formula is C19H28IN5OS. The van der Waals surface area contributed by atoms with E-state index in [1.165, 1.54) is 16.0 Å². The number of ether oxygens (including phenoxy) is 1. The molecule has 0 unspecified atom stereocenters. The molecule has 3 rings (SSSR count). The van der Waals surface area contributed by atoms with E-state index in [-0.39, 0.29) is 24.0 Å². The predicted molar refractivity (Wildman–Crippen MR) is 122 cm³/mol. The van der Waals surface area contributed by atoms with Gasteiger partial charge in [0.05, 0.1) is 24.8 Å². The van der Waals surface area contributed by atoms with Crippen molar-refractivity contribution in [3.05, 3.63) is 51.5 Å². The quantitative estimate of drug-likeness (QED) is 0.362. The summed E-state index contributed by atoms with van der Waals surface area (Å²) >= 11 is 1.70. The Hall–Kier alpha value is -1.23. The van der Waals surface area contributed by atoms with Gasteiger partial charge in [-0.3, -0.25) is 9.89 Å². The molecule has 1 aliphatic heterocycles. The summed E-state index contributed by atoms with van der Waals surface area (Å²) in [6.45, 7) is 8.13. The summed E-state index contributed by atoms with van der Waals surface area (Å²) in [5.41, 5.74) is 2.66. The highest BCUT2D eigenvalue weighted by molar-refractivity contribution is 14.0. The first-order chi connectivity index (χ1) is 12.7. The van der Waals surface area contributed by atoms with Crippen molar-refractivity contribution < 1.29 is 4.74 Å². The van der Waals surface area contributed by atoms with Gasteiger partial charge in [0.25, 0.3) is 0 Å². The summed E-state index contributed by atoms with van der Waals surface area (Å²) < 4.78 is 5.44. The Bertz CT molecular complexity index is 730. The van der Waals surface area contributed by atoms with Crippen LogP contribution in [0.25, 0.3) is 0 Å². The summed E-state index contributed by atoms with van der Waals surface area (Å²) in [5, 5.41) is 7.86. The van der Waals surface area contributed by atoms with Crippen molar-refractivity contribution in [2.24, 2.45) is 4.99 Å². The minimum Gasteiger partial charge on any atom is -0.379 e. The first-order valence-electron chi connectivity index (χ1n) is 8.97. The number of benzene rings is 1. The predicted octanol–water partition coefficient (Wildman–Crippen LogP) is 2.77. The first kappa shape index (κ1) is 22.1. The maximum atomic E-state index is 5.44. The highest BCUT2D eigenvalue weighted by atomic mass is 127. The molecule has 0 amide bonds. The normalized spacial score (nSPS) is 15.3. The minimum atomic E-state index is 0. The van der Waals surface area contributed by atoms with E-state index in [4.69, 9.17) is 4.74 Å². The fourth-order valence-electron chi connectivity index (χ4n) is 2.94. The molecule has 0 bridgehead atoms. The average Bonchev–Trinajstić information content (AvgIpc) is 3.09. The third-order valence-electron chi connectivity index (χ3n) is 4.39. The fourth-order valence-corrected chi connectivity index (χ4v) is 3.68. The molecule has 1 saturated heterocycles. The Labute approximate surface area is 182 Å². The van der Waals surface area contributed by atoms with Crippen LogP contribution in [0.15, 0.2) is 35.5 Å². The molecule has 1 aromatic carbocycles. The van der Waals surface area contributed by atoms with Gasteiger partial charge in [0, 0.05) is 44.3 Å². The number of hydrogen-bond donors (Lipinski definition) is 2. The molecule has 1 aliphatic rings. The summed E-state index contributed by atoms with van der Waals surface area (Å²) in [6, 6.07) is 8.60. The summed E-state index contributed by atoms with van der Waals surface area (Å²) in [5.74, 6) is 0.803. The van der Waals surface area contributed by atoms with Crippen LogP contribution in [0.1, 0.15) is 21.0 Å². The van der Waals surface area contributed by atoms with Crippen molar-refractivity contribution in [1.29, 1.82) is 0 Å². The van der Waals surface area contributed by atoms with Gasteiger partial charge in [-0.15, -0.1) is 35.3 Å². The molecule has 6 nitrogen and oxygen atoms in total. The lowest BCUT2D eigenvalue weighted by Crippen LogP contribution is -2.37. The minimum absolute atomic E-state index is 0. The Kier molecular flexibility index (Phi) is 9.46. The molecule has 8 heteroatoms. The molecule has 0 saturated carbocycles. The Morgan fingerprint density at radius 1 is 1.19 bits per heavy atom. The van der Waals surface area contributed by atoms with Crippen molar-refractivity contribution in [3.8, 4) is 0 Å². The van der Waals surface area contributed by atoms with Crippen molar-refractivity contribution in [2.45, 2.75) is 26.6 Å². The zero-order valence-corrected chi connectivity index (χ0v) is 19.0. The molecule has 1 fully saturated rings. The van der Waals surface area contributed by atoms with Crippen LogP contribution in [0, 0.1) is 6.92 Å². The number of morpholine rings is 1. The number of rotatable bonds is 6. The van der Waals surface area contributed by atoms with E-state index < -0.39 is 0 Å². The summed E-state index contributed by atoms with van der Waals surface area (Å²) in [4.78, 5) is 12.3. The van der Waals surface area contributed by atoms with Gasteiger partial charge < -0.3 is 15.4 Å². The first-order valence-corrected chi connectivity index (χ1v) is 9.79. The molecule has 0 atom stereocenters. The van der Waals surface area contributed by atoms with E-state index in [9.17, 15) is 0 Å². The molecule has 1 aromatic heterocycles. The lowest BCUT2D eigenvalue weighted by atomic mass is 10.1. The van der Waals surface area contributed by atoms with Crippen LogP contribution in [0.4, 0.5) is 0 Å². The van der Waals surface area contributed by atoms with Crippen LogP contribution < -0.4 is 10.6 Å². The van der Waals surface area contributed by atoms with Crippen molar-refractivity contribution in [1.82, 2.24) is 20.5 Å². The molecule has 148 valence electrons. The van der Waals surface area contributed by atoms with Gasteiger partial charge in [0.1, 0.15) is 0 Å². The van der Waals surface area contributed by atoms with Crippen LogP contribution >= 0.6 is 35.3 Å². The van der Waals surface area contributed by atoms with E-state index in [1.807, 2.05) is 13.1 Å². The van der Waals surface area contributed by atoms with Crippen LogP contribution in [0.3, 0.4) is 0 Å². The Morgan fingerprint density at radius 2 is 1.89 bits per heavy atom. The third-order valence-corrected chi connectivity index (χ3v) is 5.30. The van der Waals surface area contributed by atoms with Gasteiger partial charge >= 0.3 is 0 Å². The van der Waals surface area contributed by atoms with Gasteiger partial charge in [-0.05, 0) is 18.1 Å². The number of aromatic nitrogens is 1. The number of aryl methyl sites for hydroxylation is 1. The molecule has 2 aromatic rings. The Balaban J connectivity index is 0.00000261. The molecule has 0 aliphatic carbocycles. The zero-order valence-electron chi connectivity index (χ0n) is 15.9. The van der Waals surface area contributed by atoms with Crippen molar-refractivity contribution in [3.63, 3.8) is 0 Å². The molecule has 2 N–H and O–H groups in total. The van der Waals surface area contributed by atoms with E-state index in [0.29, 0.717) is 0 Å². The topological polar surface area (TPSA) is 61.8 Å². The summed E-state index contributed by atoms with van der Waals surface area (Å²) in [6.07, 6.45) is 1.91. The highest BCUT2D eigenvalue weighted by Gasteiger charge is 2.12. The van der Waals surface area contributed by atoms with E-state index >= 15 is 0 Å². The maximum absolute atomic E-state index is 5.44. The van der Waals surface area contributed by atoms with E-state index in [2.05, 4.69) is 49.8 Å². The summed E-state index contributed by atoms with van der Waals surface area (Å²) in [7, 11) is 1.80. The monoisotopic (exact) mass is 501 g/mol. The van der Waals surface area contributed by atoms with Gasteiger partial charge in [-0.2, -0.15) is 0 Å². The van der Waals surface area contributed by atoms with Crippen LogP contribution in [-0.4, -0.2) is 49.2 Å². The zero-order chi connectivity index (χ0) is 18.2. The number of halogens is 1. The maximum Gasteiger partial charge on any atom is 0.191 e. The number of guanidine groups is 1. The molecule has 2 heterocycles. The SMILES string of the molecule is CN=C(NCc1cnc(C)s1)NCc1ccccc1CN1CCOCC1.I. The number of nitrogens with zero attached hydrogens (tertiary/aromatic N) is 3. The average molecular weight is 501 g/mol. The third kappa shape index (κ3) is 7.02. The lowest BCUT2D eigenvalue weighted by Gasteiger charge is -2.27. The lowest BCUT2D eigenvalue weighted by molar-refractivity contribution is 0.0341. The molecular weight excluding hydrogens is 473 g/mol. The van der Waals surface area contributed by atoms with Crippen molar-refractivity contribution >= 4 is 41.3 Å². The molecule has 0 radical (unpaired) electrons. The van der Waals surface area contributed by atoms with Crippen LogP contribution in [-0.2, 0) is 24.4 Å². The van der Waals surface area contributed by atoms with E-state index in [0.717, 1.165) is 56.9 Å². The molecule has 27 heavy (non-hydrogen) atoms. The smallest absolute Gasteiger partial charge is 0.191 e. The molecule has 0 spiro atoms. The van der Waals surface area contributed by atoms with Crippen LogP contribution in [0.5, 0.6) is 0 Å². The highest BCUT2D eigenvalue weighted by Crippen LogP contribution is 2.13. The van der Waals surface area contributed by atoms with Gasteiger partial charge in [-0.25, -0.2) is 4.98 Å². The number of aliphatic imine (C=N–C) groups is 1. The van der Waals surface area contributed by atoms with Gasteiger partial charge in [-0.1, -0.05) is 24.3 Å². The van der Waals surface area contributed by atoms with Gasteiger partial charge in [0.15, 0.2) is 5.96 Å². The van der Waals surface area contributed by atoms with Crippen LogP contribution in [0.2, 0.25) is 0 Å². The van der Waals surface area contributed by atoms with E-state index in [1.54, 1.807) is 18.4 Å². The van der Waals surface area contributed by atoms with Gasteiger partial charge in [0.2, 0.25) is 0 Å². The number of thiazole rings is 1. The largest absolute Gasteiger partial charge is 0.379 e. The Morgan fingerprint density at radius 3 is 2.56 bits per heavy atom. The second-order valence-electron chi connectivity index (χ2n) is 6.28. The van der Waals surface area contributed by atoms with Crippen molar-refractivity contribution in [2.75, 3.05) is 33.4 Å². The number of hydrogen-bond acceptors (Lipinski definition) is 5. The second-order valence-corrected chi connectivity index (χ2v) is 7.60. The standard InChI is InChI=1S/C19H27N5OS.HI/c1-15-21-12-18(26-15)13-23-19(20-2)22-11-16-5-3-4-6-17(16)14-24-7-9-25-10-8-24;/h3-6,12H,7-11,13-14H2,1-2H3,(H2,20,22,23);1H. The number of nitrogens with one attached hydrogen (secondary N) is 2. The second kappa shape index (κ2) is 11.6.